The summed E-state index contributed by atoms with van der Waals surface area (Å²) in [5, 5.41) is 0. The Hall–Kier alpha value is 1.32. The zero-order valence-corrected chi connectivity index (χ0v) is 40.8. The van der Waals surface area contributed by atoms with Crippen LogP contribution in [0.1, 0.15) is 90.5 Å². The normalized spacial score (nSPS) is 13.6. The van der Waals surface area contributed by atoms with Crippen molar-refractivity contribution in [2.45, 2.75) is 226 Å². The maximum absolute atomic E-state index is 6.77. The van der Waals surface area contributed by atoms with E-state index in [1.165, 1.54) is 43.1 Å². The summed E-state index contributed by atoms with van der Waals surface area (Å²) in [6.45, 7) is 50.0. The molecule has 0 aliphatic carbocycles. The quantitative estimate of drug-likeness (QED) is 0.0784. The van der Waals surface area contributed by atoms with Gasteiger partial charge in [-0.15, -0.1) is 6.58 Å². The second-order valence-electron chi connectivity index (χ2n) is 17.6. The Balaban J connectivity index is -0.0000000726. The third-order valence-electron chi connectivity index (χ3n) is 5.65. The summed E-state index contributed by atoms with van der Waals surface area (Å²) in [5.74, 6) is 0. The minimum absolute atomic E-state index is 0. The average molecular weight is 826 g/mol. The van der Waals surface area contributed by atoms with Crippen molar-refractivity contribution in [1.82, 2.24) is 0 Å². The van der Waals surface area contributed by atoms with E-state index in [1.807, 2.05) is 6.08 Å². The molecule has 0 spiro atoms. The highest BCUT2D eigenvalue weighted by molar-refractivity contribution is 6.97. The van der Waals surface area contributed by atoms with Crippen molar-refractivity contribution in [3.8, 4) is 0 Å². The van der Waals surface area contributed by atoms with Crippen LogP contribution in [0.2, 0.25) is 135 Å². The fourth-order valence-corrected chi connectivity index (χ4v) is 48.7. The van der Waals surface area contributed by atoms with E-state index in [0.717, 1.165) is 6.42 Å². The molecule has 0 fully saturated rings. The fourth-order valence-electron chi connectivity index (χ4n) is 5.84. The predicted molar refractivity (Wildman–Crippen MR) is 257 cm³/mol. The molecular formula is C36H104O4Si8. The summed E-state index contributed by atoms with van der Waals surface area (Å²) in [4.78, 5) is 0. The molecule has 2 unspecified atom stereocenters. The minimum atomic E-state index is -1.64. The third kappa shape index (κ3) is 54.1. The van der Waals surface area contributed by atoms with E-state index in [2.05, 4.69) is 138 Å². The zero-order chi connectivity index (χ0) is 34.3. The Labute approximate surface area is 320 Å². The molecule has 0 amide bonds. The standard InChI is InChI=1S/C15H40O2Si4.C10H30O2Si4.C5H10.6CH4/c1-11-12-13-14-21(10,17-19(5,6)7)15-20(8,9)16-18(2,3)4;1-13(11-14(2,3)4)10-16(8,9)12-15(5,6)7;1-3-5-4-2;;;;;;/h11-15H2,1-10H3;13H,10H2,1-9H3;3H,1,4-5H2,2H3;6*1H4. The molecule has 0 saturated carbocycles. The van der Waals surface area contributed by atoms with Crippen LogP contribution < -0.4 is 0 Å². The topological polar surface area (TPSA) is 36.9 Å². The molecule has 0 radical (unpaired) electrons. The van der Waals surface area contributed by atoms with Crippen LogP contribution in [-0.4, -0.2) is 67.3 Å². The van der Waals surface area contributed by atoms with Crippen molar-refractivity contribution in [3.63, 3.8) is 0 Å². The summed E-state index contributed by atoms with van der Waals surface area (Å²) >= 11 is 0. The molecule has 0 N–H and O–H groups in total. The Bertz CT molecular complexity index is 711. The van der Waals surface area contributed by atoms with Gasteiger partial charge in [0, 0.05) is 0 Å². The molecule has 0 saturated heterocycles. The molecule has 12 heteroatoms. The first kappa shape index (κ1) is 70.8. The van der Waals surface area contributed by atoms with E-state index >= 15 is 0 Å². The Morgan fingerprint density at radius 3 is 1.17 bits per heavy atom. The van der Waals surface area contributed by atoms with Crippen molar-refractivity contribution < 1.29 is 16.5 Å². The lowest BCUT2D eigenvalue weighted by molar-refractivity contribution is 0.519. The SMILES string of the molecule is C.C.C.C.C.C.C=CCCC.CCCCC[Si](C)(C[Si](C)(C)O[Si](C)(C)C)O[Si](C)(C)C.C[SiH](C[Si](C)(C)O[Si](C)(C)C)O[Si](C)(C)C. The van der Waals surface area contributed by atoms with Gasteiger partial charge in [0.05, 0.1) is 0 Å². The molecule has 0 aliphatic heterocycles. The van der Waals surface area contributed by atoms with E-state index in [-0.39, 0.29) is 44.6 Å². The van der Waals surface area contributed by atoms with E-state index < -0.39 is 67.3 Å². The summed E-state index contributed by atoms with van der Waals surface area (Å²) in [6, 6.07) is 1.32. The van der Waals surface area contributed by atoms with Gasteiger partial charge >= 0.3 is 0 Å². The molecule has 0 rings (SSSR count). The van der Waals surface area contributed by atoms with Crippen LogP contribution in [-0.2, 0) is 16.5 Å². The summed E-state index contributed by atoms with van der Waals surface area (Å²) < 4.78 is 26.0. The zero-order valence-electron chi connectivity index (χ0n) is 32.7. The largest absolute Gasteiger partial charge is 0.458 e. The molecule has 304 valence electrons. The van der Waals surface area contributed by atoms with Gasteiger partial charge < -0.3 is 16.5 Å². The first-order chi connectivity index (χ1) is 18.4. The van der Waals surface area contributed by atoms with Crippen LogP contribution in [0.3, 0.4) is 0 Å². The van der Waals surface area contributed by atoms with Gasteiger partial charge in [0.1, 0.15) is 0 Å². The van der Waals surface area contributed by atoms with Gasteiger partial charge in [0.15, 0.2) is 67.3 Å². The smallest absolute Gasteiger partial charge is 0.176 e. The lowest BCUT2D eigenvalue weighted by Crippen LogP contribution is -2.53. The molecule has 0 bridgehead atoms. The number of rotatable bonds is 18. The predicted octanol–water partition coefficient (Wildman–Crippen LogP) is 15.8. The first-order valence-electron chi connectivity index (χ1n) is 16.8. The van der Waals surface area contributed by atoms with E-state index in [9.17, 15) is 0 Å². The van der Waals surface area contributed by atoms with Crippen molar-refractivity contribution in [2.24, 2.45) is 0 Å². The lowest BCUT2D eigenvalue weighted by atomic mass is 10.3. The number of allylic oxidation sites excluding steroid dienone is 1. The average Bonchev–Trinajstić information content (AvgIpc) is 2.61. The van der Waals surface area contributed by atoms with Crippen LogP contribution >= 0.6 is 0 Å². The van der Waals surface area contributed by atoms with Crippen LogP contribution in [0.15, 0.2) is 12.7 Å². The number of hydrogen-bond acceptors (Lipinski definition) is 4. The van der Waals surface area contributed by atoms with Crippen molar-refractivity contribution in [2.75, 3.05) is 0 Å². The first-order valence-corrected chi connectivity index (χ1v) is 41.9. The van der Waals surface area contributed by atoms with Gasteiger partial charge in [-0.25, -0.2) is 0 Å². The maximum atomic E-state index is 6.77. The number of unbranched alkanes of at least 4 members (excludes halogenated alkanes) is 3. The number of hydrogen-bond donors (Lipinski definition) is 0. The van der Waals surface area contributed by atoms with E-state index in [0.29, 0.717) is 0 Å². The molecule has 0 aliphatic rings. The molecule has 2 atom stereocenters. The van der Waals surface area contributed by atoms with Crippen molar-refractivity contribution >= 4 is 67.3 Å². The van der Waals surface area contributed by atoms with Crippen LogP contribution in [0.5, 0.6) is 0 Å². The Morgan fingerprint density at radius 1 is 0.521 bits per heavy atom. The molecule has 0 heterocycles. The maximum Gasteiger partial charge on any atom is 0.176 e. The second-order valence-corrected chi connectivity index (χ2v) is 53.0. The second kappa shape index (κ2) is 30.7. The lowest BCUT2D eigenvalue weighted by Gasteiger charge is -2.41. The van der Waals surface area contributed by atoms with Gasteiger partial charge in [-0.1, -0.05) is 90.2 Å². The summed E-state index contributed by atoms with van der Waals surface area (Å²) in [7, 11) is -11.4. The Morgan fingerprint density at radius 2 is 0.896 bits per heavy atom. The summed E-state index contributed by atoms with van der Waals surface area (Å²) in [5.41, 5.74) is 2.51. The van der Waals surface area contributed by atoms with E-state index in [4.69, 9.17) is 16.5 Å². The van der Waals surface area contributed by atoms with E-state index in [1.54, 1.807) is 0 Å². The molecule has 0 aromatic rings. The van der Waals surface area contributed by atoms with Crippen LogP contribution in [0.4, 0.5) is 0 Å². The highest BCUT2D eigenvalue weighted by Gasteiger charge is 2.42. The van der Waals surface area contributed by atoms with Crippen LogP contribution in [0, 0.1) is 0 Å². The molecular weight excluding hydrogens is 721 g/mol. The van der Waals surface area contributed by atoms with Gasteiger partial charge in [-0.3, -0.25) is 0 Å². The van der Waals surface area contributed by atoms with Crippen LogP contribution in [0.25, 0.3) is 0 Å². The third-order valence-corrected chi connectivity index (χ3v) is 37.9. The van der Waals surface area contributed by atoms with Gasteiger partial charge in [0.2, 0.25) is 0 Å². The van der Waals surface area contributed by atoms with Gasteiger partial charge in [-0.2, -0.15) is 0 Å². The Kier molecular flexibility index (Phi) is 45.4. The molecule has 48 heavy (non-hydrogen) atoms. The molecule has 4 nitrogen and oxygen atoms in total. The highest BCUT2D eigenvalue weighted by atomic mass is 28.5. The van der Waals surface area contributed by atoms with Crippen molar-refractivity contribution in [3.05, 3.63) is 12.7 Å². The molecule has 0 aromatic heterocycles. The highest BCUT2D eigenvalue weighted by Crippen LogP contribution is 2.32. The monoisotopic (exact) mass is 825 g/mol. The fraction of sp³-hybridized carbons (Fsp3) is 0.944. The van der Waals surface area contributed by atoms with Gasteiger partial charge in [-0.05, 0) is 142 Å². The molecule has 0 aromatic carbocycles. The van der Waals surface area contributed by atoms with Crippen molar-refractivity contribution in [1.29, 1.82) is 0 Å². The van der Waals surface area contributed by atoms with Gasteiger partial charge in [0.25, 0.3) is 0 Å². The minimum Gasteiger partial charge on any atom is -0.458 e. The summed E-state index contributed by atoms with van der Waals surface area (Å²) in [6.07, 6.45) is 8.28.